The van der Waals surface area contributed by atoms with Crippen molar-refractivity contribution in [2.24, 2.45) is 0 Å². The molecular weight excluding hydrogens is 409 g/mol. The van der Waals surface area contributed by atoms with Crippen molar-refractivity contribution >= 4 is 21.7 Å². The van der Waals surface area contributed by atoms with E-state index in [4.69, 9.17) is 0 Å². The van der Waals surface area contributed by atoms with E-state index in [-0.39, 0.29) is 24.8 Å². The Morgan fingerprint density at radius 2 is 1.90 bits per heavy atom. The third-order valence-corrected chi connectivity index (χ3v) is 5.45. The molecule has 10 heteroatoms. The van der Waals surface area contributed by atoms with E-state index in [1.165, 1.54) is 12.1 Å². The molecule has 1 heterocycles. The molecule has 0 aliphatic carbocycles. The van der Waals surface area contributed by atoms with E-state index >= 15 is 0 Å². The fourth-order valence-electron chi connectivity index (χ4n) is 3.02. The predicted molar refractivity (Wildman–Crippen MR) is 113 cm³/mol. The zero-order valence-electron chi connectivity index (χ0n) is 17.5. The van der Waals surface area contributed by atoms with E-state index in [1.807, 2.05) is 18.4 Å². The molecule has 0 unspecified atom stereocenters. The minimum Gasteiger partial charge on any atom is -0.326 e. The number of anilines is 1. The number of carbonyl (C=O) groups is 1. The number of likely N-dealkylation sites (N-methyl/N-ethyl adjacent to an activating group) is 1. The van der Waals surface area contributed by atoms with Crippen molar-refractivity contribution < 1.29 is 17.6 Å². The second kappa shape index (κ2) is 9.84. The Labute approximate surface area is 176 Å². The predicted octanol–water partition coefficient (Wildman–Crippen LogP) is 1.58. The Morgan fingerprint density at radius 1 is 1.27 bits per heavy atom. The van der Waals surface area contributed by atoms with Crippen molar-refractivity contribution in [3.05, 3.63) is 52.5 Å². The first-order valence-corrected chi connectivity index (χ1v) is 11.2. The van der Waals surface area contributed by atoms with Crippen molar-refractivity contribution in [2.75, 3.05) is 38.3 Å². The molecule has 0 atom stereocenters. The van der Waals surface area contributed by atoms with Gasteiger partial charge in [0, 0.05) is 25.3 Å². The van der Waals surface area contributed by atoms with Crippen LogP contribution in [-0.4, -0.2) is 56.7 Å². The number of sulfonamides is 1. The molecule has 30 heavy (non-hydrogen) atoms. The van der Waals surface area contributed by atoms with Gasteiger partial charge in [0.1, 0.15) is 17.7 Å². The number of hydrogen-bond donors (Lipinski definition) is 2. The highest BCUT2D eigenvalue weighted by atomic mass is 32.2. The van der Waals surface area contributed by atoms with Gasteiger partial charge >= 0.3 is 0 Å². The molecule has 1 aromatic heterocycles. The molecule has 0 bridgehead atoms. The number of nitrogens with zero attached hydrogens (tertiary/aromatic N) is 3. The normalized spacial score (nSPS) is 11.5. The van der Waals surface area contributed by atoms with Gasteiger partial charge in [-0.3, -0.25) is 9.69 Å². The molecule has 0 spiro atoms. The van der Waals surface area contributed by atoms with Gasteiger partial charge in [-0.05, 0) is 44.2 Å². The monoisotopic (exact) mass is 435 g/mol. The number of aromatic nitrogens is 1. The van der Waals surface area contributed by atoms with Gasteiger partial charge in [-0.2, -0.15) is 5.26 Å². The van der Waals surface area contributed by atoms with Crippen LogP contribution in [0.1, 0.15) is 22.4 Å². The van der Waals surface area contributed by atoms with Crippen LogP contribution in [0.5, 0.6) is 0 Å². The lowest BCUT2D eigenvalue weighted by atomic mass is 10.2. The summed E-state index contributed by atoms with van der Waals surface area (Å²) in [6, 6.07) is 8.19. The summed E-state index contributed by atoms with van der Waals surface area (Å²) in [6.07, 6.45) is 1.07. The quantitative estimate of drug-likeness (QED) is 0.622. The average molecular weight is 436 g/mol. The summed E-state index contributed by atoms with van der Waals surface area (Å²) >= 11 is 0. The molecule has 2 rings (SSSR count). The Bertz CT molecular complexity index is 1060. The maximum atomic E-state index is 13.2. The molecule has 1 aromatic carbocycles. The Hall–Kier alpha value is -2.74. The second-order valence-electron chi connectivity index (χ2n) is 7.21. The van der Waals surface area contributed by atoms with Gasteiger partial charge in [0.2, 0.25) is 15.9 Å². The van der Waals surface area contributed by atoms with E-state index in [9.17, 15) is 22.9 Å². The molecule has 1 amide bonds. The molecule has 2 N–H and O–H groups in total. The molecule has 8 nitrogen and oxygen atoms in total. The van der Waals surface area contributed by atoms with Gasteiger partial charge in [-0.15, -0.1) is 0 Å². The van der Waals surface area contributed by atoms with Gasteiger partial charge in [-0.25, -0.2) is 17.5 Å². The van der Waals surface area contributed by atoms with Crippen molar-refractivity contribution in [3.8, 4) is 6.07 Å². The minimum atomic E-state index is -3.29. The largest absolute Gasteiger partial charge is 0.326 e. The highest BCUT2D eigenvalue weighted by Crippen LogP contribution is 2.27. The Morgan fingerprint density at radius 3 is 2.47 bits per heavy atom. The molecule has 162 valence electrons. The van der Waals surface area contributed by atoms with Crippen LogP contribution in [0.3, 0.4) is 0 Å². The molecule has 0 radical (unpaired) electrons. The maximum absolute atomic E-state index is 13.2. The van der Waals surface area contributed by atoms with Crippen molar-refractivity contribution in [1.82, 2.24) is 14.2 Å². The summed E-state index contributed by atoms with van der Waals surface area (Å²) in [5.41, 5.74) is 2.81. The van der Waals surface area contributed by atoms with Gasteiger partial charge in [-0.1, -0.05) is 12.1 Å². The Balaban J connectivity index is 2.15. The van der Waals surface area contributed by atoms with Crippen LogP contribution in [-0.2, 0) is 21.4 Å². The van der Waals surface area contributed by atoms with Gasteiger partial charge in [0.05, 0.1) is 18.4 Å². The van der Waals surface area contributed by atoms with E-state index in [1.54, 1.807) is 24.1 Å². The zero-order chi connectivity index (χ0) is 22.5. The molecule has 0 saturated carbocycles. The first-order chi connectivity index (χ1) is 14.0. The topological polar surface area (TPSA) is 107 Å². The third kappa shape index (κ3) is 6.38. The van der Waals surface area contributed by atoms with Crippen LogP contribution in [0.25, 0.3) is 0 Å². The highest BCUT2D eigenvalue weighted by molar-refractivity contribution is 7.88. The summed E-state index contributed by atoms with van der Waals surface area (Å²) in [4.78, 5) is 14.2. The number of benzene rings is 1. The summed E-state index contributed by atoms with van der Waals surface area (Å²) in [5.74, 6) is -0.269. The van der Waals surface area contributed by atoms with Crippen molar-refractivity contribution in [3.63, 3.8) is 0 Å². The minimum absolute atomic E-state index is 0.0239. The van der Waals surface area contributed by atoms with E-state index in [0.29, 0.717) is 24.5 Å². The van der Waals surface area contributed by atoms with E-state index in [0.717, 1.165) is 23.1 Å². The lowest BCUT2D eigenvalue weighted by Gasteiger charge is -2.18. The molecular formula is C20H26FN5O3S. The third-order valence-electron chi connectivity index (χ3n) is 4.72. The zero-order valence-corrected chi connectivity index (χ0v) is 18.3. The van der Waals surface area contributed by atoms with Crippen molar-refractivity contribution in [1.29, 1.82) is 5.26 Å². The van der Waals surface area contributed by atoms with Crippen LogP contribution >= 0.6 is 0 Å². The lowest BCUT2D eigenvalue weighted by Crippen LogP contribution is -2.37. The SMILES string of the molecule is Cc1c(C#N)c(NC(=O)CN(C)CCNS(C)(=O)=O)n(Cc2ccc(F)cc2)c1C. The number of halogens is 1. The molecule has 0 saturated heterocycles. The maximum Gasteiger partial charge on any atom is 0.239 e. The second-order valence-corrected chi connectivity index (χ2v) is 9.04. The number of hydrogen-bond acceptors (Lipinski definition) is 5. The molecule has 0 fully saturated rings. The number of amides is 1. The van der Waals surface area contributed by atoms with Crippen LogP contribution < -0.4 is 10.0 Å². The standard InChI is InChI=1S/C20H26FN5O3S/c1-14-15(2)26(12-16-5-7-17(21)8-6-16)20(18(14)11-22)24-19(27)13-25(3)10-9-23-30(4,28)29/h5-8,23H,9-10,12-13H2,1-4H3,(H,24,27). The van der Waals surface area contributed by atoms with Gasteiger partial charge in [0.25, 0.3) is 0 Å². The summed E-state index contributed by atoms with van der Waals surface area (Å²) in [7, 11) is -1.59. The molecule has 0 aliphatic heterocycles. The summed E-state index contributed by atoms with van der Waals surface area (Å²) < 4.78 is 39.6. The van der Waals surface area contributed by atoms with Crippen LogP contribution in [0, 0.1) is 31.0 Å². The van der Waals surface area contributed by atoms with Crippen LogP contribution in [0.4, 0.5) is 10.2 Å². The van der Waals surface area contributed by atoms with Gasteiger partial charge in [0.15, 0.2) is 0 Å². The highest BCUT2D eigenvalue weighted by Gasteiger charge is 2.20. The average Bonchev–Trinajstić information content (AvgIpc) is 2.86. The first-order valence-electron chi connectivity index (χ1n) is 9.29. The first kappa shape index (κ1) is 23.5. The van der Waals surface area contributed by atoms with Crippen LogP contribution in [0.15, 0.2) is 24.3 Å². The summed E-state index contributed by atoms with van der Waals surface area (Å²) in [6.45, 7) is 4.60. The smallest absolute Gasteiger partial charge is 0.239 e. The number of nitrogens with one attached hydrogen (secondary N) is 2. The van der Waals surface area contributed by atoms with E-state index in [2.05, 4.69) is 16.1 Å². The van der Waals surface area contributed by atoms with Crippen molar-refractivity contribution in [2.45, 2.75) is 20.4 Å². The molecule has 2 aromatic rings. The fourth-order valence-corrected chi connectivity index (χ4v) is 3.48. The van der Waals surface area contributed by atoms with E-state index < -0.39 is 10.0 Å². The number of carbonyl (C=O) groups excluding carboxylic acids is 1. The number of nitriles is 1. The summed E-state index contributed by atoms with van der Waals surface area (Å²) in [5, 5.41) is 12.4. The lowest BCUT2D eigenvalue weighted by molar-refractivity contribution is -0.117. The Kier molecular flexibility index (Phi) is 7.72. The van der Waals surface area contributed by atoms with Gasteiger partial charge < -0.3 is 9.88 Å². The number of rotatable bonds is 9. The molecule has 0 aliphatic rings. The van der Waals surface area contributed by atoms with Crippen LogP contribution in [0.2, 0.25) is 0 Å². The fraction of sp³-hybridized carbons (Fsp3) is 0.400.